The van der Waals surface area contributed by atoms with Crippen molar-refractivity contribution < 1.29 is 4.74 Å². The zero-order valence-corrected chi connectivity index (χ0v) is 13.2. The SMILES string of the molecule is CCCc1nc(-c2ccccc2COC)[nH]c(=O)c1Br. The third-order valence-electron chi connectivity index (χ3n) is 2.99. The van der Waals surface area contributed by atoms with Crippen LogP contribution >= 0.6 is 15.9 Å². The van der Waals surface area contributed by atoms with E-state index in [-0.39, 0.29) is 5.56 Å². The summed E-state index contributed by atoms with van der Waals surface area (Å²) in [5.74, 6) is 0.592. The summed E-state index contributed by atoms with van der Waals surface area (Å²) in [5, 5.41) is 0. The Morgan fingerprint density at radius 1 is 1.35 bits per heavy atom. The summed E-state index contributed by atoms with van der Waals surface area (Å²) in [6.07, 6.45) is 1.71. The highest BCUT2D eigenvalue weighted by molar-refractivity contribution is 9.10. The van der Waals surface area contributed by atoms with Gasteiger partial charge in [-0.15, -0.1) is 0 Å². The third kappa shape index (κ3) is 3.16. The number of aromatic nitrogens is 2. The summed E-state index contributed by atoms with van der Waals surface area (Å²) in [6.45, 7) is 2.55. The van der Waals surface area contributed by atoms with Gasteiger partial charge in [-0.05, 0) is 27.9 Å². The van der Waals surface area contributed by atoms with Crippen molar-refractivity contribution in [2.45, 2.75) is 26.4 Å². The first-order valence-electron chi connectivity index (χ1n) is 6.53. The lowest BCUT2D eigenvalue weighted by molar-refractivity contribution is 0.185. The van der Waals surface area contributed by atoms with Crippen molar-refractivity contribution in [1.29, 1.82) is 0 Å². The summed E-state index contributed by atoms with van der Waals surface area (Å²) in [4.78, 5) is 19.4. The average molecular weight is 337 g/mol. The maximum absolute atomic E-state index is 12.0. The largest absolute Gasteiger partial charge is 0.380 e. The number of aromatic amines is 1. The Morgan fingerprint density at radius 2 is 2.10 bits per heavy atom. The fourth-order valence-electron chi connectivity index (χ4n) is 2.07. The van der Waals surface area contributed by atoms with Crippen LogP contribution in [0.15, 0.2) is 33.5 Å². The molecule has 0 unspecified atom stereocenters. The molecule has 20 heavy (non-hydrogen) atoms. The van der Waals surface area contributed by atoms with Crippen LogP contribution in [0.2, 0.25) is 0 Å². The van der Waals surface area contributed by atoms with Gasteiger partial charge in [0.05, 0.1) is 12.3 Å². The molecule has 0 radical (unpaired) electrons. The van der Waals surface area contributed by atoms with Crippen molar-refractivity contribution in [3.8, 4) is 11.4 Å². The number of benzene rings is 1. The van der Waals surface area contributed by atoms with Crippen LogP contribution in [0, 0.1) is 0 Å². The molecule has 0 aliphatic carbocycles. The predicted octanol–water partition coefficient (Wildman–Crippen LogP) is 3.30. The number of nitrogens with one attached hydrogen (secondary N) is 1. The molecule has 0 aliphatic rings. The molecule has 0 atom stereocenters. The minimum Gasteiger partial charge on any atom is -0.380 e. The molecule has 1 aromatic carbocycles. The number of hydrogen-bond donors (Lipinski definition) is 1. The van der Waals surface area contributed by atoms with Crippen LogP contribution in [0.25, 0.3) is 11.4 Å². The summed E-state index contributed by atoms with van der Waals surface area (Å²) >= 11 is 3.31. The summed E-state index contributed by atoms with van der Waals surface area (Å²) in [5.41, 5.74) is 2.54. The molecule has 0 spiro atoms. The van der Waals surface area contributed by atoms with E-state index in [9.17, 15) is 4.79 Å². The molecule has 0 aliphatic heterocycles. The number of aryl methyl sites for hydroxylation is 1. The van der Waals surface area contributed by atoms with Gasteiger partial charge in [-0.3, -0.25) is 4.79 Å². The molecule has 106 valence electrons. The lowest BCUT2D eigenvalue weighted by Gasteiger charge is -2.10. The van der Waals surface area contributed by atoms with E-state index in [0.717, 1.165) is 29.7 Å². The zero-order valence-electron chi connectivity index (χ0n) is 11.6. The molecule has 0 fully saturated rings. The standard InChI is InChI=1S/C15H17BrN2O2/c1-3-6-12-13(16)15(19)18-14(17-12)11-8-5-4-7-10(11)9-20-2/h4-5,7-8H,3,6,9H2,1-2H3,(H,17,18,19). The molecular formula is C15H17BrN2O2. The molecule has 0 bridgehead atoms. The smallest absolute Gasteiger partial charge is 0.265 e. The lowest BCUT2D eigenvalue weighted by Crippen LogP contribution is -2.14. The Kier molecular flexibility index (Phi) is 5.09. The van der Waals surface area contributed by atoms with Crippen molar-refractivity contribution in [2.24, 2.45) is 0 Å². The fraction of sp³-hybridized carbons (Fsp3) is 0.333. The van der Waals surface area contributed by atoms with Gasteiger partial charge in [0.25, 0.3) is 5.56 Å². The second-order valence-electron chi connectivity index (χ2n) is 4.52. The minimum absolute atomic E-state index is 0.148. The van der Waals surface area contributed by atoms with Gasteiger partial charge in [0, 0.05) is 12.7 Å². The molecule has 0 saturated heterocycles. The van der Waals surface area contributed by atoms with Gasteiger partial charge in [-0.2, -0.15) is 0 Å². The highest BCUT2D eigenvalue weighted by Gasteiger charge is 2.12. The first-order chi connectivity index (χ1) is 9.67. The molecular weight excluding hydrogens is 320 g/mol. The first kappa shape index (κ1) is 14.9. The monoisotopic (exact) mass is 336 g/mol. The van der Waals surface area contributed by atoms with E-state index in [1.807, 2.05) is 24.3 Å². The van der Waals surface area contributed by atoms with Crippen LogP contribution in [0.5, 0.6) is 0 Å². The van der Waals surface area contributed by atoms with Crippen LogP contribution < -0.4 is 5.56 Å². The maximum atomic E-state index is 12.0. The number of H-pyrrole nitrogens is 1. The quantitative estimate of drug-likeness (QED) is 0.911. The maximum Gasteiger partial charge on any atom is 0.265 e. The second-order valence-corrected chi connectivity index (χ2v) is 5.31. The number of hydrogen-bond acceptors (Lipinski definition) is 3. The summed E-state index contributed by atoms with van der Waals surface area (Å²) in [7, 11) is 1.65. The van der Waals surface area contributed by atoms with E-state index in [2.05, 4.69) is 32.8 Å². The van der Waals surface area contributed by atoms with Crippen molar-refractivity contribution in [3.05, 3.63) is 50.3 Å². The summed E-state index contributed by atoms with van der Waals surface area (Å²) in [6, 6.07) is 7.79. The molecule has 0 amide bonds. The first-order valence-corrected chi connectivity index (χ1v) is 7.32. The molecule has 5 heteroatoms. The number of methoxy groups -OCH3 is 1. The topological polar surface area (TPSA) is 55.0 Å². The minimum atomic E-state index is -0.148. The molecule has 1 heterocycles. The highest BCUT2D eigenvalue weighted by atomic mass is 79.9. The predicted molar refractivity (Wildman–Crippen MR) is 82.7 cm³/mol. The molecule has 1 N–H and O–H groups in total. The number of nitrogens with zero attached hydrogens (tertiary/aromatic N) is 1. The fourth-order valence-corrected chi connectivity index (χ4v) is 2.45. The van der Waals surface area contributed by atoms with Gasteiger partial charge >= 0.3 is 0 Å². The third-order valence-corrected chi connectivity index (χ3v) is 3.81. The van der Waals surface area contributed by atoms with Crippen molar-refractivity contribution >= 4 is 15.9 Å². The van der Waals surface area contributed by atoms with Crippen LogP contribution in [-0.4, -0.2) is 17.1 Å². The molecule has 4 nitrogen and oxygen atoms in total. The molecule has 2 rings (SSSR count). The van der Waals surface area contributed by atoms with Crippen LogP contribution in [0.4, 0.5) is 0 Å². The van der Waals surface area contributed by atoms with Crippen LogP contribution in [0.3, 0.4) is 0 Å². The van der Waals surface area contributed by atoms with E-state index in [1.165, 1.54) is 0 Å². The number of rotatable bonds is 5. The average Bonchev–Trinajstić information content (AvgIpc) is 2.45. The van der Waals surface area contributed by atoms with Gasteiger partial charge in [0.1, 0.15) is 10.3 Å². The van der Waals surface area contributed by atoms with Gasteiger partial charge in [-0.25, -0.2) is 4.98 Å². The lowest BCUT2D eigenvalue weighted by atomic mass is 10.1. The van der Waals surface area contributed by atoms with Gasteiger partial charge in [0.15, 0.2) is 0 Å². The highest BCUT2D eigenvalue weighted by Crippen LogP contribution is 2.22. The zero-order chi connectivity index (χ0) is 14.5. The van der Waals surface area contributed by atoms with Gasteiger partial charge in [0.2, 0.25) is 0 Å². The van der Waals surface area contributed by atoms with Crippen LogP contribution in [-0.2, 0) is 17.8 Å². The Balaban J connectivity index is 2.55. The Labute approximate surface area is 126 Å². The second kappa shape index (κ2) is 6.81. The van der Waals surface area contributed by atoms with E-state index >= 15 is 0 Å². The van der Waals surface area contributed by atoms with Crippen molar-refractivity contribution in [3.63, 3.8) is 0 Å². The molecule has 1 aromatic heterocycles. The Hall–Kier alpha value is -1.46. The van der Waals surface area contributed by atoms with Gasteiger partial charge < -0.3 is 9.72 Å². The van der Waals surface area contributed by atoms with E-state index in [0.29, 0.717) is 16.9 Å². The number of halogens is 1. The normalized spacial score (nSPS) is 10.8. The molecule has 2 aromatic rings. The van der Waals surface area contributed by atoms with Crippen molar-refractivity contribution in [1.82, 2.24) is 9.97 Å². The Morgan fingerprint density at radius 3 is 2.80 bits per heavy atom. The van der Waals surface area contributed by atoms with E-state index in [1.54, 1.807) is 7.11 Å². The van der Waals surface area contributed by atoms with Crippen molar-refractivity contribution in [2.75, 3.05) is 7.11 Å². The Bertz CT molecular complexity index is 653. The van der Waals surface area contributed by atoms with Gasteiger partial charge in [-0.1, -0.05) is 37.6 Å². The van der Waals surface area contributed by atoms with E-state index in [4.69, 9.17) is 4.74 Å². The number of ether oxygens (including phenoxy) is 1. The summed E-state index contributed by atoms with van der Waals surface area (Å²) < 4.78 is 5.71. The van der Waals surface area contributed by atoms with Crippen LogP contribution in [0.1, 0.15) is 24.6 Å². The van der Waals surface area contributed by atoms with E-state index < -0.39 is 0 Å². The molecule has 0 saturated carbocycles.